The quantitative estimate of drug-likeness (QED) is 0.385. The van der Waals surface area contributed by atoms with E-state index in [0.29, 0.717) is 22.4 Å². The van der Waals surface area contributed by atoms with Crippen LogP contribution in [0.25, 0.3) is 22.4 Å². The third-order valence-corrected chi connectivity index (χ3v) is 6.61. The number of halogens is 1. The number of aliphatic hydroxyl groups is 1. The normalized spacial score (nSPS) is 14.0. The van der Waals surface area contributed by atoms with E-state index in [1.807, 2.05) is 37.3 Å². The molecule has 9 heteroatoms. The smallest absolute Gasteiger partial charge is 0.331 e. The van der Waals surface area contributed by atoms with Gasteiger partial charge in [-0.3, -0.25) is 14.3 Å². The molecule has 3 aromatic rings. The van der Waals surface area contributed by atoms with Crippen molar-refractivity contribution in [2.45, 2.75) is 33.0 Å². The fraction of sp³-hybridized carbons (Fsp3) is 0.250. The van der Waals surface area contributed by atoms with Gasteiger partial charge >= 0.3 is 13.6 Å². The molecule has 2 aromatic carbocycles. The van der Waals surface area contributed by atoms with E-state index in [0.717, 1.165) is 16.8 Å². The van der Waals surface area contributed by atoms with Crippen molar-refractivity contribution >= 4 is 13.6 Å². The van der Waals surface area contributed by atoms with E-state index >= 15 is 0 Å². The van der Waals surface area contributed by atoms with Gasteiger partial charge in [0, 0.05) is 16.8 Å². The molecule has 0 amide bonds. The van der Waals surface area contributed by atoms with Gasteiger partial charge < -0.3 is 19.6 Å². The minimum Gasteiger partial charge on any atom is -0.481 e. The number of rotatable bonds is 9. The number of aromatic nitrogens is 1. The average Bonchev–Trinajstić information content (AvgIpc) is 2.74. The highest BCUT2D eigenvalue weighted by atomic mass is 31.2. The molecule has 0 bridgehead atoms. The van der Waals surface area contributed by atoms with Crippen LogP contribution in [0.1, 0.15) is 23.2 Å². The van der Waals surface area contributed by atoms with Gasteiger partial charge in [-0.05, 0) is 42.7 Å². The second-order valence-electron chi connectivity index (χ2n) is 7.74. The van der Waals surface area contributed by atoms with Crippen LogP contribution in [0.4, 0.5) is 4.39 Å². The maximum atomic E-state index is 13.6. The van der Waals surface area contributed by atoms with Crippen LogP contribution in [0.2, 0.25) is 0 Å². The lowest BCUT2D eigenvalue weighted by molar-refractivity contribution is -0.138. The number of aryl methyl sites for hydroxylation is 1. The number of nitrogens with zero attached hydrogens (tertiary/aromatic N) is 1. The number of pyridine rings is 1. The van der Waals surface area contributed by atoms with E-state index in [-0.39, 0.29) is 6.61 Å². The summed E-state index contributed by atoms with van der Waals surface area (Å²) in [6, 6.07) is 15.4. The zero-order valence-corrected chi connectivity index (χ0v) is 19.1. The number of carboxylic acids is 1. The van der Waals surface area contributed by atoms with Crippen LogP contribution in [0, 0.1) is 19.7 Å². The summed E-state index contributed by atoms with van der Waals surface area (Å²) >= 11 is 0. The number of carbonyl (C=O) groups is 1. The van der Waals surface area contributed by atoms with Crippen LogP contribution >= 0.6 is 7.60 Å². The Labute approximate surface area is 191 Å². The summed E-state index contributed by atoms with van der Waals surface area (Å²) < 4.78 is 31.3. The van der Waals surface area contributed by atoms with Gasteiger partial charge in [0.2, 0.25) is 0 Å². The molecule has 0 aliphatic carbocycles. The van der Waals surface area contributed by atoms with Crippen molar-refractivity contribution in [1.29, 1.82) is 0 Å². The first-order chi connectivity index (χ1) is 15.6. The fourth-order valence-electron chi connectivity index (χ4n) is 3.66. The molecular weight excluding hydrogens is 448 g/mol. The molecule has 174 valence electrons. The van der Waals surface area contributed by atoms with E-state index in [9.17, 15) is 23.7 Å². The molecule has 33 heavy (non-hydrogen) atoms. The third kappa shape index (κ3) is 6.33. The van der Waals surface area contributed by atoms with Gasteiger partial charge in [-0.25, -0.2) is 4.39 Å². The zero-order valence-electron chi connectivity index (χ0n) is 18.2. The molecule has 0 saturated carbocycles. The highest BCUT2D eigenvalue weighted by molar-refractivity contribution is 7.52. The summed E-state index contributed by atoms with van der Waals surface area (Å²) in [7, 11) is -4.30. The number of benzene rings is 2. The van der Waals surface area contributed by atoms with E-state index in [2.05, 4.69) is 0 Å². The molecule has 0 aliphatic rings. The SMILES string of the molecule is Cc1nc(-c2ccccc2)c(C)c(-c2ccc(F)cc2)c1COP(=O)(O)C[C@H](O)CC(=O)O. The lowest BCUT2D eigenvalue weighted by Gasteiger charge is -2.21. The van der Waals surface area contributed by atoms with Gasteiger partial charge in [0.15, 0.2) is 0 Å². The summed E-state index contributed by atoms with van der Waals surface area (Å²) in [6.45, 7) is 3.32. The first kappa shape index (κ1) is 24.7. The monoisotopic (exact) mass is 473 g/mol. The van der Waals surface area contributed by atoms with Crippen molar-refractivity contribution in [3.05, 3.63) is 77.2 Å². The highest BCUT2D eigenvalue weighted by Gasteiger charge is 2.27. The number of aliphatic carboxylic acids is 1. The van der Waals surface area contributed by atoms with Gasteiger partial charge in [0.25, 0.3) is 0 Å². The maximum Gasteiger partial charge on any atom is 0.331 e. The van der Waals surface area contributed by atoms with Gasteiger partial charge in [-0.15, -0.1) is 0 Å². The second-order valence-corrected chi connectivity index (χ2v) is 9.64. The summed E-state index contributed by atoms with van der Waals surface area (Å²) in [6.07, 6.45) is -2.89. The first-order valence-electron chi connectivity index (χ1n) is 10.2. The minimum absolute atomic E-state index is 0.297. The van der Waals surface area contributed by atoms with Gasteiger partial charge in [0.05, 0.1) is 31.0 Å². The predicted molar refractivity (Wildman–Crippen MR) is 122 cm³/mol. The Bertz CT molecular complexity index is 1180. The highest BCUT2D eigenvalue weighted by Crippen LogP contribution is 2.45. The molecule has 0 spiro atoms. The van der Waals surface area contributed by atoms with Crippen molar-refractivity contribution in [2.75, 3.05) is 6.16 Å². The molecule has 0 radical (unpaired) electrons. The van der Waals surface area contributed by atoms with Gasteiger partial charge in [0.1, 0.15) is 5.82 Å². The molecule has 7 nitrogen and oxygen atoms in total. The van der Waals surface area contributed by atoms with Gasteiger partial charge in [-0.2, -0.15) is 0 Å². The molecule has 3 rings (SSSR count). The molecule has 1 unspecified atom stereocenters. The number of hydrogen-bond donors (Lipinski definition) is 3. The zero-order chi connectivity index (χ0) is 24.2. The van der Waals surface area contributed by atoms with Crippen LogP contribution in [0.15, 0.2) is 54.6 Å². The van der Waals surface area contributed by atoms with Crippen molar-refractivity contribution in [3.8, 4) is 22.4 Å². The minimum atomic E-state index is -4.30. The summed E-state index contributed by atoms with van der Waals surface area (Å²) in [5, 5.41) is 18.5. The van der Waals surface area contributed by atoms with Crippen LogP contribution in [0.3, 0.4) is 0 Å². The molecule has 2 atom stereocenters. The van der Waals surface area contributed by atoms with Crippen LogP contribution in [-0.2, 0) is 20.5 Å². The Kier molecular flexibility index (Phi) is 7.76. The van der Waals surface area contributed by atoms with E-state index in [4.69, 9.17) is 14.6 Å². The van der Waals surface area contributed by atoms with Crippen LogP contribution in [-0.4, -0.2) is 38.3 Å². The Morgan fingerprint density at radius 3 is 2.33 bits per heavy atom. The topological polar surface area (TPSA) is 117 Å². The Morgan fingerprint density at radius 2 is 1.73 bits per heavy atom. The number of hydrogen-bond acceptors (Lipinski definition) is 5. The van der Waals surface area contributed by atoms with E-state index in [1.165, 1.54) is 12.1 Å². The van der Waals surface area contributed by atoms with Crippen LogP contribution in [0.5, 0.6) is 0 Å². The molecule has 1 heterocycles. The summed E-state index contributed by atoms with van der Waals surface area (Å²) in [4.78, 5) is 25.6. The van der Waals surface area contributed by atoms with Crippen molar-refractivity contribution in [2.24, 2.45) is 0 Å². The number of aliphatic hydroxyl groups excluding tert-OH is 1. The van der Waals surface area contributed by atoms with E-state index < -0.39 is 38.1 Å². The van der Waals surface area contributed by atoms with E-state index in [1.54, 1.807) is 19.1 Å². The fourth-order valence-corrected chi connectivity index (χ4v) is 4.75. The Balaban J connectivity index is 2.02. The third-order valence-electron chi connectivity index (χ3n) is 5.19. The molecular formula is C24H25FNO6P. The second kappa shape index (κ2) is 10.4. The molecule has 1 aromatic heterocycles. The largest absolute Gasteiger partial charge is 0.481 e. The molecule has 0 fully saturated rings. The maximum absolute atomic E-state index is 13.6. The molecule has 3 N–H and O–H groups in total. The summed E-state index contributed by atoms with van der Waals surface area (Å²) in [5.74, 6) is -1.68. The molecule has 0 aliphatic heterocycles. The summed E-state index contributed by atoms with van der Waals surface area (Å²) in [5.41, 5.74) is 4.89. The first-order valence-corrected chi connectivity index (χ1v) is 12.0. The van der Waals surface area contributed by atoms with Crippen molar-refractivity contribution in [3.63, 3.8) is 0 Å². The van der Waals surface area contributed by atoms with Crippen molar-refractivity contribution < 1.29 is 33.4 Å². The number of carboxylic acid groups (broad SMARTS) is 1. The standard InChI is InChI=1S/C24H25FNO6P/c1-15-23(17-8-10-19(25)11-9-17)21(13-32-33(30,31)14-20(27)12-22(28)29)16(2)26-24(15)18-6-4-3-5-7-18/h3-11,20,27H,12-14H2,1-2H3,(H,28,29)(H,30,31)/t20-/m1/s1. The lowest BCUT2D eigenvalue weighted by atomic mass is 9.91. The lowest BCUT2D eigenvalue weighted by Crippen LogP contribution is -2.18. The van der Waals surface area contributed by atoms with Crippen molar-refractivity contribution in [1.82, 2.24) is 4.98 Å². The predicted octanol–water partition coefficient (Wildman–Crippen LogP) is 4.71. The average molecular weight is 473 g/mol. The molecule has 0 saturated heterocycles. The van der Waals surface area contributed by atoms with Crippen LogP contribution < -0.4 is 0 Å². The van der Waals surface area contributed by atoms with Gasteiger partial charge in [-0.1, -0.05) is 42.5 Å². The Hall–Kier alpha value is -2.90. The Morgan fingerprint density at radius 1 is 1.09 bits per heavy atom.